The second-order valence-corrected chi connectivity index (χ2v) is 6.90. The molecule has 1 saturated heterocycles. The average molecular weight is 360 g/mol. The molecule has 26 heavy (non-hydrogen) atoms. The lowest BCUT2D eigenvalue weighted by Gasteiger charge is -2.31. The number of hydrogen-bond acceptors (Lipinski definition) is 7. The zero-order chi connectivity index (χ0) is 19.2. The van der Waals surface area contributed by atoms with Crippen LogP contribution in [0.25, 0.3) is 0 Å². The van der Waals surface area contributed by atoms with Crippen molar-refractivity contribution in [3.63, 3.8) is 0 Å². The molecule has 0 unspecified atom stereocenters. The predicted molar refractivity (Wildman–Crippen MR) is 89.6 cm³/mol. The third-order valence-corrected chi connectivity index (χ3v) is 4.83. The van der Waals surface area contributed by atoms with Gasteiger partial charge in [0.05, 0.1) is 12.5 Å². The van der Waals surface area contributed by atoms with Gasteiger partial charge in [-0.1, -0.05) is 13.2 Å². The van der Waals surface area contributed by atoms with Crippen LogP contribution in [0.15, 0.2) is 47.8 Å². The van der Waals surface area contributed by atoms with Gasteiger partial charge in [0.2, 0.25) is 5.78 Å². The number of ether oxygens (including phenoxy) is 3. The molecule has 1 N–H and O–H groups in total. The van der Waals surface area contributed by atoms with Crippen molar-refractivity contribution in [2.45, 2.75) is 38.1 Å². The maximum atomic E-state index is 12.5. The van der Waals surface area contributed by atoms with Crippen molar-refractivity contribution in [1.82, 2.24) is 0 Å². The molecule has 0 amide bonds. The molecule has 0 aliphatic carbocycles. The molecule has 4 atom stereocenters. The van der Waals surface area contributed by atoms with Crippen LogP contribution in [-0.4, -0.2) is 47.2 Å². The molecule has 0 spiro atoms. The smallest absolute Gasteiger partial charge is 0.334 e. The van der Waals surface area contributed by atoms with Crippen LogP contribution in [0, 0.1) is 5.92 Å². The maximum absolute atomic E-state index is 12.5. The van der Waals surface area contributed by atoms with Crippen molar-refractivity contribution in [3.8, 4) is 0 Å². The van der Waals surface area contributed by atoms with Crippen LogP contribution in [0.5, 0.6) is 0 Å². The third-order valence-electron chi connectivity index (χ3n) is 4.83. The van der Waals surface area contributed by atoms with Crippen molar-refractivity contribution >= 4 is 17.7 Å². The van der Waals surface area contributed by atoms with E-state index in [1.807, 2.05) is 0 Å². The van der Waals surface area contributed by atoms with E-state index in [0.717, 1.165) is 0 Å². The van der Waals surface area contributed by atoms with E-state index in [1.54, 1.807) is 6.92 Å². The fraction of sp³-hybridized carbons (Fsp3) is 0.421. The van der Waals surface area contributed by atoms with E-state index < -0.39 is 42.3 Å². The summed E-state index contributed by atoms with van der Waals surface area (Å²) in [6, 6.07) is 0. The van der Waals surface area contributed by atoms with E-state index in [1.165, 1.54) is 19.1 Å². The molecular formula is C19H20O7. The van der Waals surface area contributed by atoms with Crippen molar-refractivity contribution < 1.29 is 33.7 Å². The molecule has 0 aromatic carbocycles. The van der Waals surface area contributed by atoms with Crippen LogP contribution < -0.4 is 0 Å². The lowest BCUT2D eigenvalue weighted by Crippen LogP contribution is -2.42. The Bertz CT molecular complexity index is 788. The highest BCUT2D eigenvalue weighted by atomic mass is 16.6. The van der Waals surface area contributed by atoms with Crippen LogP contribution in [-0.2, 0) is 28.6 Å². The molecule has 7 heteroatoms. The first kappa shape index (κ1) is 18.1. The number of carbonyl (C=O) groups is 3. The highest BCUT2D eigenvalue weighted by Crippen LogP contribution is 2.42. The summed E-state index contributed by atoms with van der Waals surface area (Å²) in [7, 11) is 0. The fourth-order valence-corrected chi connectivity index (χ4v) is 3.35. The van der Waals surface area contributed by atoms with Gasteiger partial charge in [0, 0.05) is 29.2 Å². The lowest BCUT2D eigenvalue weighted by molar-refractivity contribution is -0.153. The molecule has 0 aromatic rings. The molecule has 7 nitrogen and oxygen atoms in total. The minimum absolute atomic E-state index is 0.00816. The zero-order valence-corrected chi connectivity index (χ0v) is 14.6. The van der Waals surface area contributed by atoms with Gasteiger partial charge in [0.25, 0.3) is 0 Å². The summed E-state index contributed by atoms with van der Waals surface area (Å²) in [6.07, 6.45) is 1.14. The van der Waals surface area contributed by atoms with Crippen molar-refractivity contribution in [3.05, 3.63) is 47.8 Å². The number of ketones is 1. The van der Waals surface area contributed by atoms with Crippen molar-refractivity contribution in [2.75, 3.05) is 6.61 Å². The molecule has 1 fully saturated rings. The monoisotopic (exact) mass is 360 g/mol. The predicted octanol–water partition coefficient (Wildman–Crippen LogP) is 1.14. The number of hydrogen-bond donors (Lipinski definition) is 1. The Hall–Kier alpha value is -2.67. The van der Waals surface area contributed by atoms with E-state index >= 15 is 0 Å². The Morgan fingerprint density at radius 3 is 2.77 bits per heavy atom. The van der Waals surface area contributed by atoms with Crippen molar-refractivity contribution in [2.24, 2.45) is 5.92 Å². The number of aliphatic hydroxyl groups is 1. The summed E-state index contributed by atoms with van der Waals surface area (Å²) in [5, 5.41) is 9.67. The minimum atomic E-state index is -1.29. The quantitative estimate of drug-likeness (QED) is 0.595. The Kier molecular flexibility index (Phi) is 4.36. The van der Waals surface area contributed by atoms with Crippen molar-refractivity contribution in [1.29, 1.82) is 0 Å². The van der Waals surface area contributed by atoms with Gasteiger partial charge in [-0.2, -0.15) is 0 Å². The average Bonchev–Trinajstić information content (AvgIpc) is 3.01. The Morgan fingerprint density at radius 1 is 1.46 bits per heavy atom. The van der Waals surface area contributed by atoms with Gasteiger partial charge in [-0.05, 0) is 19.9 Å². The van der Waals surface area contributed by atoms with E-state index in [-0.39, 0.29) is 29.1 Å². The minimum Gasteiger partial charge on any atom is -0.479 e. The number of carbonyl (C=O) groups excluding carboxylic acids is 3. The van der Waals surface area contributed by atoms with Gasteiger partial charge in [-0.3, -0.25) is 4.79 Å². The first-order valence-electron chi connectivity index (χ1n) is 8.19. The normalized spacial score (nSPS) is 35.0. The van der Waals surface area contributed by atoms with Gasteiger partial charge >= 0.3 is 11.9 Å². The molecule has 0 aromatic heterocycles. The first-order valence-corrected chi connectivity index (χ1v) is 8.19. The van der Waals surface area contributed by atoms with Crippen LogP contribution in [0.2, 0.25) is 0 Å². The third kappa shape index (κ3) is 2.88. The van der Waals surface area contributed by atoms with E-state index in [0.29, 0.717) is 5.57 Å². The van der Waals surface area contributed by atoms with Crippen LogP contribution in [0.4, 0.5) is 0 Å². The lowest BCUT2D eigenvalue weighted by atomic mass is 9.82. The molecule has 138 valence electrons. The molecule has 3 heterocycles. The van der Waals surface area contributed by atoms with Gasteiger partial charge in [0.15, 0.2) is 5.60 Å². The second kappa shape index (κ2) is 6.25. The van der Waals surface area contributed by atoms with Gasteiger partial charge < -0.3 is 19.3 Å². The summed E-state index contributed by atoms with van der Waals surface area (Å²) >= 11 is 0. The Balaban J connectivity index is 2.09. The molecular weight excluding hydrogens is 340 g/mol. The summed E-state index contributed by atoms with van der Waals surface area (Å²) in [5.41, 5.74) is -0.631. The van der Waals surface area contributed by atoms with E-state index in [4.69, 9.17) is 14.2 Å². The van der Waals surface area contributed by atoms with Gasteiger partial charge in [-0.15, -0.1) is 0 Å². The molecule has 3 rings (SSSR count). The van der Waals surface area contributed by atoms with Crippen LogP contribution in [0.3, 0.4) is 0 Å². The molecule has 0 radical (unpaired) electrons. The molecule has 2 bridgehead atoms. The van der Waals surface area contributed by atoms with Gasteiger partial charge in [-0.25, -0.2) is 9.59 Å². The van der Waals surface area contributed by atoms with Gasteiger partial charge in [0.1, 0.15) is 18.0 Å². The topological polar surface area (TPSA) is 99.1 Å². The number of aliphatic hydroxyl groups excluding tert-OH is 1. The fourth-order valence-electron chi connectivity index (χ4n) is 3.35. The summed E-state index contributed by atoms with van der Waals surface area (Å²) in [6.45, 7) is 9.99. The zero-order valence-electron chi connectivity index (χ0n) is 14.6. The maximum Gasteiger partial charge on any atom is 0.334 e. The summed E-state index contributed by atoms with van der Waals surface area (Å²) in [4.78, 5) is 36.6. The largest absolute Gasteiger partial charge is 0.479 e. The molecule has 3 aliphatic rings. The Labute approximate surface area is 150 Å². The SMILES string of the molecule is C=C(C)C(=O)O[C@@H]1C[C@@]2(C)OC(=CC2=O)/C(CO)=C\[C@H]2OC(=O)C(=C)[C@@H]21. The first-order chi connectivity index (χ1) is 12.2. The standard InChI is InChI=1S/C19H20O7/c1-9(2)17(22)25-14-7-19(4)15(21)6-12(26-19)11(8-20)5-13-16(14)10(3)18(23)24-13/h5-6,13-14,16,20H,1,3,7-8H2,2,4H3/b11-5-/t13-,14-,16+,19-/m1/s1. The van der Waals surface area contributed by atoms with E-state index in [2.05, 4.69) is 13.2 Å². The highest BCUT2D eigenvalue weighted by molar-refractivity contribution is 6.00. The second-order valence-electron chi connectivity index (χ2n) is 6.90. The summed E-state index contributed by atoms with van der Waals surface area (Å²) < 4.78 is 16.6. The van der Waals surface area contributed by atoms with E-state index in [9.17, 15) is 19.5 Å². The number of esters is 2. The number of rotatable bonds is 3. The summed E-state index contributed by atoms with van der Waals surface area (Å²) in [5.74, 6) is -2.03. The highest BCUT2D eigenvalue weighted by Gasteiger charge is 2.52. The Morgan fingerprint density at radius 2 is 2.15 bits per heavy atom. The van der Waals surface area contributed by atoms with Crippen LogP contribution in [0.1, 0.15) is 20.3 Å². The number of fused-ring (bicyclic) bond motifs is 3. The molecule has 3 aliphatic heterocycles. The molecule has 0 saturated carbocycles. The van der Waals surface area contributed by atoms with Crippen LogP contribution >= 0.6 is 0 Å².